The first kappa shape index (κ1) is 18.3. The van der Waals surface area contributed by atoms with Gasteiger partial charge in [0.05, 0.1) is 5.69 Å². The fourth-order valence-electron chi connectivity index (χ4n) is 2.62. The van der Waals surface area contributed by atoms with E-state index in [2.05, 4.69) is 15.4 Å². The second-order valence-corrected chi connectivity index (χ2v) is 5.95. The average Bonchev–Trinajstić information content (AvgIpc) is 3.02. The Morgan fingerprint density at radius 3 is 2.69 bits per heavy atom. The van der Waals surface area contributed by atoms with E-state index < -0.39 is 29.8 Å². The van der Waals surface area contributed by atoms with E-state index in [0.717, 1.165) is 16.8 Å². The molecule has 2 aromatic heterocycles. The molecule has 4 rings (SSSR count). The number of aromatic nitrogens is 4. The van der Waals surface area contributed by atoms with Crippen molar-refractivity contribution in [2.45, 2.75) is 6.54 Å². The maximum absolute atomic E-state index is 13.7. The van der Waals surface area contributed by atoms with E-state index in [1.54, 1.807) is 24.3 Å². The first-order chi connectivity index (χ1) is 14.0. The summed E-state index contributed by atoms with van der Waals surface area (Å²) in [5.74, 6) is -1.82. The third-order valence-electron chi connectivity index (χ3n) is 3.93. The lowest BCUT2D eigenvalue weighted by Crippen LogP contribution is -2.28. The molecule has 0 unspecified atom stereocenters. The van der Waals surface area contributed by atoms with Crippen molar-refractivity contribution in [3.63, 3.8) is 0 Å². The van der Waals surface area contributed by atoms with Gasteiger partial charge in [0.1, 0.15) is 23.9 Å². The number of carbonyl (C=O) groups is 1. The molecule has 0 saturated carbocycles. The Morgan fingerprint density at radius 1 is 1.14 bits per heavy atom. The molecule has 29 heavy (non-hydrogen) atoms. The minimum absolute atomic E-state index is 0.0829. The third-order valence-corrected chi connectivity index (χ3v) is 3.93. The number of carbonyl (C=O) groups excluding carboxylic acids is 1. The number of benzene rings is 2. The van der Waals surface area contributed by atoms with Crippen LogP contribution in [0.3, 0.4) is 0 Å². The van der Waals surface area contributed by atoms with Crippen LogP contribution in [0.15, 0.2) is 65.7 Å². The molecule has 0 aliphatic heterocycles. The highest BCUT2D eigenvalue weighted by molar-refractivity contribution is 5.90. The van der Waals surface area contributed by atoms with Crippen LogP contribution in [0, 0.1) is 11.6 Å². The molecular weight excluding hydrogens is 384 g/mol. The molecular formula is C19H13F2N5O3. The minimum Gasteiger partial charge on any atom is -0.436 e. The number of amides is 1. The number of fused-ring (bicyclic) bond motifs is 1. The molecule has 0 saturated heterocycles. The van der Waals surface area contributed by atoms with E-state index in [1.165, 1.54) is 16.8 Å². The number of halogens is 2. The van der Waals surface area contributed by atoms with E-state index >= 15 is 0 Å². The largest absolute Gasteiger partial charge is 0.436 e. The summed E-state index contributed by atoms with van der Waals surface area (Å²) in [7, 11) is 0. The summed E-state index contributed by atoms with van der Waals surface area (Å²) in [6, 6.07) is 11.5. The Hall–Kier alpha value is -4.08. The number of hydrogen-bond donors (Lipinski definition) is 1. The Kier molecular flexibility index (Phi) is 4.73. The van der Waals surface area contributed by atoms with Crippen molar-refractivity contribution in [3.8, 4) is 11.6 Å². The van der Waals surface area contributed by atoms with Crippen molar-refractivity contribution in [2.24, 2.45) is 0 Å². The molecule has 0 bridgehead atoms. The van der Waals surface area contributed by atoms with Gasteiger partial charge in [-0.25, -0.2) is 27.6 Å². The molecule has 4 aromatic rings. The number of nitrogens with one attached hydrogen (secondary N) is 1. The van der Waals surface area contributed by atoms with Crippen molar-refractivity contribution in [1.29, 1.82) is 0 Å². The molecule has 2 heterocycles. The van der Waals surface area contributed by atoms with Crippen LogP contribution < -0.4 is 15.7 Å². The standard InChI is InChI=1S/C19H13F2N5O3/c20-12-6-7-15(14(21)10-12)23-16(27)11-26-19(28)25-9-8-22-18(17(25)24-26)29-13-4-2-1-3-5-13/h1-10H,11H2,(H,23,27). The van der Waals surface area contributed by atoms with E-state index in [4.69, 9.17) is 4.74 Å². The van der Waals surface area contributed by atoms with Gasteiger partial charge in [0, 0.05) is 18.5 Å². The first-order valence-electron chi connectivity index (χ1n) is 8.43. The van der Waals surface area contributed by atoms with Gasteiger partial charge in [-0.1, -0.05) is 18.2 Å². The van der Waals surface area contributed by atoms with Crippen LogP contribution in [0.1, 0.15) is 0 Å². The second-order valence-electron chi connectivity index (χ2n) is 5.95. The van der Waals surface area contributed by atoms with Crippen molar-refractivity contribution in [3.05, 3.63) is 83.0 Å². The van der Waals surface area contributed by atoms with E-state index in [9.17, 15) is 18.4 Å². The monoisotopic (exact) mass is 397 g/mol. The lowest BCUT2D eigenvalue weighted by atomic mass is 10.3. The average molecular weight is 397 g/mol. The normalized spacial score (nSPS) is 10.8. The fraction of sp³-hybridized carbons (Fsp3) is 0.0526. The molecule has 0 fully saturated rings. The lowest BCUT2D eigenvalue weighted by molar-refractivity contribution is -0.117. The molecule has 1 N–H and O–H groups in total. The second kappa shape index (κ2) is 7.50. The van der Waals surface area contributed by atoms with Gasteiger partial charge in [-0.05, 0) is 24.3 Å². The lowest BCUT2D eigenvalue weighted by Gasteiger charge is -2.05. The van der Waals surface area contributed by atoms with E-state index in [-0.39, 0.29) is 17.2 Å². The van der Waals surface area contributed by atoms with Gasteiger partial charge in [0.25, 0.3) is 5.88 Å². The molecule has 0 spiro atoms. The number of nitrogens with zero attached hydrogens (tertiary/aromatic N) is 4. The van der Waals surface area contributed by atoms with Gasteiger partial charge >= 0.3 is 5.69 Å². The number of hydrogen-bond acceptors (Lipinski definition) is 5. The van der Waals surface area contributed by atoms with Crippen molar-refractivity contribution >= 4 is 17.2 Å². The van der Waals surface area contributed by atoms with Crippen molar-refractivity contribution < 1.29 is 18.3 Å². The van der Waals surface area contributed by atoms with Gasteiger partial charge in [-0.3, -0.25) is 4.79 Å². The van der Waals surface area contributed by atoms with E-state index in [1.807, 2.05) is 6.07 Å². The summed E-state index contributed by atoms with van der Waals surface area (Å²) < 4.78 is 34.4. The zero-order valence-electron chi connectivity index (χ0n) is 14.8. The summed E-state index contributed by atoms with van der Waals surface area (Å²) in [6.07, 6.45) is 2.75. The van der Waals surface area contributed by atoms with E-state index in [0.29, 0.717) is 11.8 Å². The van der Waals surface area contributed by atoms with Crippen LogP contribution in [0.2, 0.25) is 0 Å². The van der Waals surface area contributed by atoms with Gasteiger partial charge in [0.15, 0.2) is 0 Å². The van der Waals surface area contributed by atoms with Gasteiger partial charge in [0.2, 0.25) is 11.6 Å². The molecule has 0 radical (unpaired) electrons. The first-order valence-corrected chi connectivity index (χ1v) is 8.43. The number of anilines is 1. The number of para-hydroxylation sites is 1. The summed E-state index contributed by atoms with van der Waals surface area (Å²) in [6.45, 7) is -0.484. The molecule has 1 amide bonds. The fourth-order valence-corrected chi connectivity index (χ4v) is 2.62. The predicted molar refractivity (Wildman–Crippen MR) is 98.8 cm³/mol. The molecule has 0 aliphatic rings. The smallest absolute Gasteiger partial charge is 0.351 e. The van der Waals surface area contributed by atoms with Gasteiger partial charge in [-0.15, -0.1) is 5.10 Å². The molecule has 10 heteroatoms. The van der Waals surface area contributed by atoms with Crippen LogP contribution in [-0.4, -0.2) is 25.1 Å². The highest BCUT2D eigenvalue weighted by atomic mass is 19.1. The maximum atomic E-state index is 13.7. The van der Waals surface area contributed by atoms with Gasteiger partial charge in [-0.2, -0.15) is 0 Å². The topological polar surface area (TPSA) is 90.5 Å². The Bertz CT molecular complexity index is 1250. The number of ether oxygens (including phenoxy) is 1. The zero-order valence-corrected chi connectivity index (χ0v) is 14.8. The SMILES string of the molecule is O=C(Cn1nc2c(Oc3ccccc3)nccn2c1=O)Nc1ccc(F)cc1F. The van der Waals surface area contributed by atoms with Crippen LogP contribution in [0.25, 0.3) is 5.65 Å². The summed E-state index contributed by atoms with van der Waals surface area (Å²) in [5.41, 5.74) is -0.694. The molecule has 146 valence electrons. The Morgan fingerprint density at radius 2 is 1.93 bits per heavy atom. The summed E-state index contributed by atoms with van der Waals surface area (Å²) in [4.78, 5) is 28.8. The third kappa shape index (κ3) is 3.81. The quantitative estimate of drug-likeness (QED) is 0.559. The van der Waals surface area contributed by atoms with Crippen LogP contribution in [0.4, 0.5) is 14.5 Å². The molecule has 0 aliphatic carbocycles. The zero-order chi connectivity index (χ0) is 20.4. The summed E-state index contributed by atoms with van der Waals surface area (Å²) in [5, 5.41) is 6.37. The van der Waals surface area contributed by atoms with Crippen molar-refractivity contribution in [2.75, 3.05) is 5.32 Å². The highest BCUT2D eigenvalue weighted by Gasteiger charge is 2.16. The predicted octanol–water partition coefficient (Wildman–Crippen LogP) is 2.60. The molecule has 0 atom stereocenters. The van der Waals surface area contributed by atoms with Crippen molar-refractivity contribution in [1.82, 2.24) is 19.2 Å². The Labute approximate surface area is 162 Å². The van der Waals surface area contributed by atoms with Crippen LogP contribution >= 0.6 is 0 Å². The minimum atomic E-state index is -0.927. The van der Waals surface area contributed by atoms with Crippen LogP contribution in [-0.2, 0) is 11.3 Å². The summed E-state index contributed by atoms with van der Waals surface area (Å²) >= 11 is 0. The van der Waals surface area contributed by atoms with Gasteiger partial charge < -0.3 is 10.1 Å². The maximum Gasteiger partial charge on any atom is 0.351 e. The molecule has 2 aromatic carbocycles. The number of rotatable bonds is 5. The Balaban J connectivity index is 1.59. The molecule has 8 nitrogen and oxygen atoms in total. The van der Waals surface area contributed by atoms with Crippen LogP contribution in [0.5, 0.6) is 11.6 Å². The highest BCUT2D eigenvalue weighted by Crippen LogP contribution is 2.21.